The molecule has 0 aromatic heterocycles. The number of phosphoric ester groups is 1. The fourth-order valence-electron chi connectivity index (χ4n) is 9.22. The van der Waals surface area contributed by atoms with Crippen LogP contribution in [0, 0.1) is 0 Å². The first-order valence-electron chi connectivity index (χ1n) is 29.4. The number of nitrogens with one attached hydrogen (secondary N) is 1. The van der Waals surface area contributed by atoms with Gasteiger partial charge in [0.05, 0.1) is 39.9 Å². The number of unbranched alkanes of at least 4 members (excludes halogenated alkanes) is 42. The number of aliphatic hydroxyl groups is 1. The topological polar surface area (TPSA) is 108 Å². The molecule has 2 N–H and O–H groups in total. The average Bonchev–Trinajstić information content (AvgIpc) is 3.27. The summed E-state index contributed by atoms with van der Waals surface area (Å²) in [6.45, 7) is 4.58. The summed E-state index contributed by atoms with van der Waals surface area (Å²) < 4.78 is 23.0. The maximum Gasteiger partial charge on any atom is 0.268 e. The van der Waals surface area contributed by atoms with E-state index in [1.807, 2.05) is 21.1 Å². The Morgan fingerprint density at radius 1 is 0.470 bits per heavy atom. The molecule has 0 aromatic carbocycles. The van der Waals surface area contributed by atoms with Crippen LogP contribution < -0.4 is 10.2 Å². The van der Waals surface area contributed by atoms with Gasteiger partial charge < -0.3 is 28.8 Å². The Morgan fingerprint density at radius 3 is 1.03 bits per heavy atom. The third-order valence-electron chi connectivity index (χ3n) is 13.8. The van der Waals surface area contributed by atoms with Gasteiger partial charge in [-0.05, 0) is 12.8 Å². The number of phosphoric acid groups is 1. The first kappa shape index (κ1) is 65.5. The lowest BCUT2D eigenvalue weighted by Gasteiger charge is -2.30. The van der Waals surface area contributed by atoms with Crippen molar-refractivity contribution in [1.29, 1.82) is 0 Å². The lowest BCUT2D eigenvalue weighted by atomic mass is 10.0. The Kier molecular flexibility index (Phi) is 49.1. The number of hydrogen-bond acceptors (Lipinski definition) is 6. The van der Waals surface area contributed by atoms with E-state index in [1.54, 1.807) is 0 Å². The molecule has 0 radical (unpaired) electrons. The van der Waals surface area contributed by atoms with Crippen LogP contribution in [0.2, 0.25) is 0 Å². The van der Waals surface area contributed by atoms with Gasteiger partial charge in [-0.3, -0.25) is 9.36 Å². The molecule has 3 atom stereocenters. The fourth-order valence-corrected chi connectivity index (χ4v) is 9.94. The van der Waals surface area contributed by atoms with Crippen LogP contribution in [0.5, 0.6) is 0 Å². The Morgan fingerprint density at radius 2 is 0.742 bits per heavy atom. The van der Waals surface area contributed by atoms with Gasteiger partial charge in [0.1, 0.15) is 13.2 Å². The SMILES string of the molecule is CCCCCCCCCCCCCCCCCCCCCCCCCCCCCCCCCCCCCCCCCCCC(=O)NC(COP(=O)([O-])OCC[N+](C)(C)C)C(O)CCCCC. The molecule has 0 saturated heterocycles. The normalized spacial score (nSPS) is 13.9. The summed E-state index contributed by atoms with van der Waals surface area (Å²) in [6, 6.07) is -0.791. The molecule has 0 saturated carbocycles. The van der Waals surface area contributed by atoms with Crippen LogP contribution in [-0.2, 0) is 18.4 Å². The molecule has 0 bridgehead atoms. The van der Waals surface area contributed by atoms with Crippen LogP contribution in [0.25, 0.3) is 0 Å². The number of quaternary nitrogens is 1. The average molecular weight is 958 g/mol. The molecular weight excluding hydrogens is 840 g/mol. The first-order chi connectivity index (χ1) is 32.0. The van der Waals surface area contributed by atoms with Gasteiger partial charge in [-0.25, -0.2) is 0 Å². The number of nitrogens with zero attached hydrogens (tertiary/aromatic N) is 1. The minimum Gasteiger partial charge on any atom is -0.756 e. The second kappa shape index (κ2) is 49.5. The van der Waals surface area contributed by atoms with Gasteiger partial charge in [-0.15, -0.1) is 0 Å². The summed E-state index contributed by atoms with van der Waals surface area (Å²) >= 11 is 0. The fraction of sp³-hybridized carbons (Fsp3) is 0.982. The number of aliphatic hydroxyl groups excluding tert-OH is 1. The molecule has 396 valence electrons. The molecule has 0 heterocycles. The minimum absolute atomic E-state index is 0.0141. The highest BCUT2D eigenvalue weighted by molar-refractivity contribution is 7.45. The Labute approximate surface area is 412 Å². The third-order valence-corrected chi connectivity index (χ3v) is 14.8. The number of rotatable bonds is 55. The molecule has 8 nitrogen and oxygen atoms in total. The van der Waals surface area contributed by atoms with Crippen molar-refractivity contribution in [3.8, 4) is 0 Å². The number of amides is 1. The first-order valence-corrected chi connectivity index (χ1v) is 30.8. The second-order valence-corrected chi connectivity index (χ2v) is 23.1. The van der Waals surface area contributed by atoms with Crippen LogP contribution in [0.1, 0.15) is 309 Å². The molecule has 0 aliphatic carbocycles. The molecule has 0 spiro atoms. The molecule has 0 aliphatic rings. The van der Waals surface area contributed by atoms with Gasteiger partial charge in [0.15, 0.2) is 0 Å². The summed E-state index contributed by atoms with van der Waals surface area (Å²) in [5, 5.41) is 13.6. The van der Waals surface area contributed by atoms with Gasteiger partial charge in [-0.2, -0.15) is 0 Å². The van der Waals surface area contributed by atoms with Crippen LogP contribution in [0.15, 0.2) is 0 Å². The van der Waals surface area contributed by atoms with Crippen LogP contribution in [0.3, 0.4) is 0 Å². The molecular formula is C57H117N2O6P. The molecule has 0 fully saturated rings. The highest BCUT2D eigenvalue weighted by Crippen LogP contribution is 2.38. The van der Waals surface area contributed by atoms with Crippen molar-refractivity contribution >= 4 is 13.7 Å². The Hall–Kier alpha value is -0.500. The van der Waals surface area contributed by atoms with Crippen LogP contribution in [0.4, 0.5) is 0 Å². The molecule has 1 amide bonds. The van der Waals surface area contributed by atoms with Crippen LogP contribution >= 0.6 is 7.82 Å². The zero-order valence-electron chi connectivity index (χ0n) is 45.2. The number of hydrogen-bond donors (Lipinski definition) is 2. The van der Waals surface area contributed by atoms with Crippen molar-refractivity contribution in [2.24, 2.45) is 0 Å². The van der Waals surface area contributed by atoms with E-state index in [9.17, 15) is 19.4 Å². The minimum atomic E-state index is -4.54. The van der Waals surface area contributed by atoms with E-state index in [0.29, 0.717) is 23.9 Å². The van der Waals surface area contributed by atoms with Crippen molar-refractivity contribution in [3.63, 3.8) is 0 Å². The summed E-state index contributed by atoms with van der Waals surface area (Å²) in [7, 11) is 1.31. The van der Waals surface area contributed by atoms with Crippen molar-refractivity contribution in [1.82, 2.24) is 5.32 Å². The quantitative estimate of drug-likeness (QED) is 0.0357. The smallest absolute Gasteiger partial charge is 0.268 e. The lowest BCUT2D eigenvalue weighted by molar-refractivity contribution is -0.870. The second-order valence-electron chi connectivity index (χ2n) is 21.7. The van der Waals surface area contributed by atoms with Gasteiger partial charge in [0, 0.05) is 6.42 Å². The van der Waals surface area contributed by atoms with Gasteiger partial charge >= 0.3 is 0 Å². The van der Waals surface area contributed by atoms with Crippen molar-refractivity contribution in [3.05, 3.63) is 0 Å². The highest BCUT2D eigenvalue weighted by atomic mass is 31.2. The monoisotopic (exact) mass is 957 g/mol. The summed E-state index contributed by atoms with van der Waals surface area (Å²) in [5.41, 5.74) is 0. The lowest BCUT2D eigenvalue weighted by Crippen LogP contribution is -2.46. The molecule has 0 rings (SSSR count). The van der Waals surface area contributed by atoms with E-state index in [-0.39, 0.29) is 19.1 Å². The molecule has 0 aliphatic heterocycles. The number of likely N-dealkylation sites (N-methyl/N-ethyl adjacent to an activating group) is 1. The van der Waals surface area contributed by atoms with E-state index < -0.39 is 20.0 Å². The third kappa shape index (κ3) is 51.4. The molecule has 66 heavy (non-hydrogen) atoms. The summed E-state index contributed by atoms with van der Waals surface area (Å²) in [4.78, 5) is 25.0. The zero-order valence-corrected chi connectivity index (χ0v) is 46.1. The molecule has 0 aromatic rings. The predicted octanol–water partition coefficient (Wildman–Crippen LogP) is 17.0. The van der Waals surface area contributed by atoms with Crippen molar-refractivity contribution < 1.29 is 32.9 Å². The van der Waals surface area contributed by atoms with E-state index in [1.165, 1.54) is 244 Å². The standard InChI is InChI=1S/C57H117N2O6P/c1-6-8-10-11-12-13-14-15-16-17-18-19-20-21-22-23-24-25-26-27-28-29-30-31-32-33-34-35-36-37-38-39-40-41-42-43-44-45-46-47-49-51-57(61)58-55(56(60)50-48-9-7-2)54-65-66(62,63)64-53-52-59(3,4)5/h55-56,60H,6-54H2,1-5H3,(H-,58,61,62,63). The Balaban J connectivity index is 3.51. The predicted molar refractivity (Wildman–Crippen MR) is 284 cm³/mol. The maximum atomic E-state index is 12.7. The highest BCUT2D eigenvalue weighted by Gasteiger charge is 2.24. The number of carbonyl (C=O) groups excluding carboxylic acids is 1. The van der Waals surface area contributed by atoms with E-state index in [2.05, 4.69) is 19.2 Å². The zero-order chi connectivity index (χ0) is 48.5. The molecule has 9 heteroatoms. The van der Waals surface area contributed by atoms with E-state index in [0.717, 1.165) is 38.5 Å². The molecule has 3 unspecified atom stereocenters. The van der Waals surface area contributed by atoms with Crippen molar-refractivity contribution in [2.45, 2.75) is 321 Å². The largest absolute Gasteiger partial charge is 0.756 e. The maximum absolute atomic E-state index is 12.7. The van der Waals surface area contributed by atoms with Gasteiger partial charge in [0.2, 0.25) is 5.91 Å². The number of carbonyl (C=O) groups is 1. The van der Waals surface area contributed by atoms with E-state index in [4.69, 9.17) is 9.05 Å². The van der Waals surface area contributed by atoms with Gasteiger partial charge in [0.25, 0.3) is 7.82 Å². The van der Waals surface area contributed by atoms with Gasteiger partial charge in [-0.1, -0.05) is 290 Å². The van der Waals surface area contributed by atoms with Crippen LogP contribution in [-0.4, -0.2) is 68.5 Å². The summed E-state index contributed by atoms with van der Waals surface area (Å²) in [5.74, 6) is -0.170. The van der Waals surface area contributed by atoms with E-state index >= 15 is 0 Å². The van der Waals surface area contributed by atoms with Crippen molar-refractivity contribution in [2.75, 3.05) is 40.9 Å². The summed E-state index contributed by atoms with van der Waals surface area (Å²) in [6.07, 6.45) is 60.1. The Bertz CT molecular complexity index is 1040.